The van der Waals surface area contributed by atoms with Crippen LogP contribution in [0.5, 0.6) is 11.5 Å². The second-order valence-electron chi connectivity index (χ2n) is 10.5. The molecule has 0 bridgehead atoms. The summed E-state index contributed by atoms with van der Waals surface area (Å²) in [5.41, 5.74) is 5.76. The first-order valence-corrected chi connectivity index (χ1v) is 9.76. The highest BCUT2D eigenvalue weighted by molar-refractivity contribution is 5.54. The molecule has 0 spiro atoms. The molecule has 0 fully saturated rings. The van der Waals surface area contributed by atoms with E-state index in [2.05, 4.69) is 80.5 Å². The Morgan fingerprint density at radius 1 is 0.593 bits per heavy atom. The second kappa shape index (κ2) is 6.58. The van der Waals surface area contributed by atoms with Gasteiger partial charge < -0.3 is 10.2 Å². The van der Waals surface area contributed by atoms with E-state index in [0.29, 0.717) is 11.5 Å². The number of hydrogen-bond donors (Lipinski definition) is 2. The predicted molar refractivity (Wildman–Crippen MR) is 115 cm³/mol. The molecule has 0 aromatic heterocycles. The Morgan fingerprint density at radius 3 is 1.59 bits per heavy atom. The van der Waals surface area contributed by atoms with Crippen molar-refractivity contribution in [2.24, 2.45) is 0 Å². The van der Waals surface area contributed by atoms with Crippen molar-refractivity contribution in [1.82, 2.24) is 0 Å². The molecular formula is C25H36O2. The molecule has 0 atom stereocenters. The molecule has 2 aromatic rings. The monoisotopic (exact) mass is 368 g/mol. The molecule has 2 N–H and O–H groups in total. The van der Waals surface area contributed by atoms with E-state index >= 15 is 0 Å². The third-order valence-electron chi connectivity index (χ3n) is 5.65. The Morgan fingerprint density at radius 2 is 1.11 bits per heavy atom. The highest BCUT2D eigenvalue weighted by Crippen LogP contribution is 2.43. The van der Waals surface area contributed by atoms with Crippen LogP contribution >= 0.6 is 0 Å². The Hall–Kier alpha value is -1.96. The van der Waals surface area contributed by atoms with Crippen LogP contribution in [0.15, 0.2) is 24.3 Å². The first-order valence-electron chi connectivity index (χ1n) is 9.76. The lowest BCUT2D eigenvalue weighted by Gasteiger charge is -2.33. The van der Waals surface area contributed by atoms with Crippen molar-refractivity contribution in [1.29, 1.82) is 0 Å². The fourth-order valence-electron chi connectivity index (χ4n) is 3.83. The predicted octanol–water partition coefficient (Wildman–Crippen LogP) is 6.64. The summed E-state index contributed by atoms with van der Waals surface area (Å²) in [6.45, 7) is 21.2. The van der Waals surface area contributed by atoms with Crippen LogP contribution in [0.4, 0.5) is 0 Å². The van der Waals surface area contributed by atoms with Gasteiger partial charge in [0.05, 0.1) is 0 Å². The number of aromatic hydroxyl groups is 2. The maximum absolute atomic E-state index is 10.6. The first kappa shape index (κ1) is 21.3. The van der Waals surface area contributed by atoms with Crippen LogP contribution in [0, 0.1) is 13.8 Å². The molecule has 0 aliphatic heterocycles. The summed E-state index contributed by atoms with van der Waals surface area (Å²) >= 11 is 0. The number of phenols is 2. The quantitative estimate of drug-likeness (QED) is 0.624. The summed E-state index contributed by atoms with van der Waals surface area (Å²) in [7, 11) is 0. The second-order valence-corrected chi connectivity index (χ2v) is 10.5. The van der Waals surface area contributed by atoms with Crippen LogP contribution in [0.1, 0.15) is 88.8 Å². The standard InChI is InChI=1S/C25H36O2/c1-15-12-21(26)19(23(3,4)5)14-18(15)25(9,10)17-11-16(2)22(27)20(13-17)24(6,7)8/h11-14,26-27H,1-10H3. The SMILES string of the molecule is Cc1cc(O)c(C(C)(C)C)cc1C(C)(C)c1cc(C)c(O)c(C(C)(C)C)c1. The minimum atomic E-state index is -0.254. The molecule has 148 valence electrons. The number of hydrogen-bond acceptors (Lipinski definition) is 2. The molecular weight excluding hydrogens is 332 g/mol. The Balaban J connectivity index is 2.75. The zero-order valence-electron chi connectivity index (χ0n) is 18.7. The van der Waals surface area contributed by atoms with E-state index in [1.54, 1.807) is 0 Å². The molecule has 2 aromatic carbocycles. The summed E-state index contributed by atoms with van der Waals surface area (Å²) in [4.78, 5) is 0. The minimum absolute atomic E-state index is 0.135. The van der Waals surface area contributed by atoms with Crippen LogP contribution in [-0.2, 0) is 16.2 Å². The molecule has 27 heavy (non-hydrogen) atoms. The molecule has 2 heteroatoms. The summed E-state index contributed by atoms with van der Waals surface area (Å²) in [6.07, 6.45) is 0. The van der Waals surface area contributed by atoms with Crippen molar-refractivity contribution in [2.75, 3.05) is 0 Å². The molecule has 0 unspecified atom stereocenters. The molecule has 0 saturated heterocycles. The number of aryl methyl sites for hydroxylation is 2. The third kappa shape index (κ3) is 4.00. The number of rotatable bonds is 2. The van der Waals surface area contributed by atoms with E-state index in [9.17, 15) is 10.2 Å². The van der Waals surface area contributed by atoms with Crippen LogP contribution in [0.2, 0.25) is 0 Å². The smallest absolute Gasteiger partial charge is 0.122 e. The van der Waals surface area contributed by atoms with E-state index in [1.807, 2.05) is 13.0 Å². The third-order valence-corrected chi connectivity index (χ3v) is 5.65. The van der Waals surface area contributed by atoms with Gasteiger partial charge in [-0.3, -0.25) is 0 Å². The Bertz CT molecular complexity index is 859. The zero-order valence-corrected chi connectivity index (χ0v) is 18.7. The van der Waals surface area contributed by atoms with E-state index in [0.717, 1.165) is 22.3 Å². The van der Waals surface area contributed by atoms with E-state index in [4.69, 9.17) is 0 Å². The molecule has 0 amide bonds. The molecule has 0 aliphatic rings. The van der Waals surface area contributed by atoms with Crippen molar-refractivity contribution < 1.29 is 10.2 Å². The van der Waals surface area contributed by atoms with Crippen molar-refractivity contribution in [3.63, 3.8) is 0 Å². The van der Waals surface area contributed by atoms with Gasteiger partial charge in [-0.1, -0.05) is 73.6 Å². The molecule has 0 aliphatic carbocycles. The van der Waals surface area contributed by atoms with Crippen molar-refractivity contribution in [3.05, 3.63) is 57.6 Å². The van der Waals surface area contributed by atoms with E-state index in [-0.39, 0.29) is 16.2 Å². The minimum Gasteiger partial charge on any atom is -0.508 e. The maximum atomic E-state index is 10.6. The maximum Gasteiger partial charge on any atom is 0.122 e. The lowest BCUT2D eigenvalue weighted by Crippen LogP contribution is -2.24. The normalized spacial score (nSPS) is 13.1. The molecule has 0 saturated carbocycles. The van der Waals surface area contributed by atoms with Gasteiger partial charge >= 0.3 is 0 Å². The van der Waals surface area contributed by atoms with Gasteiger partial charge in [-0.15, -0.1) is 0 Å². The van der Waals surface area contributed by atoms with Gasteiger partial charge in [0, 0.05) is 5.41 Å². The number of benzene rings is 2. The largest absolute Gasteiger partial charge is 0.508 e. The van der Waals surface area contributed by atoms with Crippen molar-refractivity contribution in [2.45, 2.75) is 85.5 Å². The lowest BCUT2D eigenvalue weighted by molar-refractivity contribution is 0.441. The van der Waals surface area contributed by atoms with Gasteiger partial charge in [0.25, 0.3) is 0 Å². The summed E-state index contributed by atoms with van der Waals surface area (Å²) in [5.74, 6) is 0.747. The molecule has 2 nitrogen and oxygen atoms in total. The fourth-order valence-corrected chi connectivity index (χ4v) is 3.83. The van der Waals surface area contributed by atoms with Crippen LogP contribution in [0.25, 0.3) is 0 Å². The molecule has 0 radical (unpaired) electrons. The van der Waals surface area contributed by atoms with Gasteiger partial charge in [-0.2, -0.15) is 0 Å². The lowest BCUT2D eigenvalue weighted by atomic mass is 9.71. The highest BCUT2D eigenvalue weighted by atomic mass is 16.3. The Kier molecular flexibility index (Phi) is 5.20. The van der Waals surface area contributed by atoms with Gasteiger partial charge in [0.2, 0.25) is 0 Å². The zero-order chi connectivity index (χ0) is 20.9. The molecule has 0 heterocycles. The molecule has 2 rings (SSSR count). The fraction of sp³-hybridized carbons (Fsp3) is 0.520. The van der Waals surface area contributed by atoms with Crippen LogP contribution in [-0.4, -0.2) is 10.2 Å². The van der Waals surface area contributed by atoms with E-state index < -0.39 is 0 Å². The summed E-state index contributed by atoms with van der Waals surface area (Å²) in [5, 5.41) is 21.1. The first-order chi connectivity index (χ1) is 12.1. The van der Waals surface area contributed by atoms with Crippen molar-refractivity contribution >= 4 is 0 Å². The average molecular weight is 369 g/mol. The van der Waals surface area contributed by atoms with Crippen molar-refractivity contribution in [3.8, 4) is 11.5 Å². The van der Waals surface area contributed by atoms with E-state index in [1.165, 1.54) is 11.1 Å². The van der Waals surface area contributed by atoms with Gasteiger partial charge in [0.15, 0.2) is 0 Å². The average Bonchev–Trinajstić information content (AvgIpc) is 2.46. The highest BCUT2D eigenvalue weighted by Gasteiger charge is 2.31. The van der Waals surface area contributed by atoms with Crippen LogP contribution < -0.4 is 0 Å². The summed E-state index contributed by atoms with van der Waals surface area (Å²) < 4.78 is 0. The topological polar surface area (TPSA) is 40.5 Å². The van der Waals surface area contributed by atoms with Gasteiger partial charge in [0.1, 0.15) is 11.5 Å². The van der Waals surface area contributed by atoms with Gasteiger partial charge in [-0.25, -0.2) is 0 Å². The Labute approximate surface area is 165 Å². The van der Waals surface area contributed by atoms with Crippen LogP contribution in [0.3, 0.4) is 0 Å². The van der Waals surface area contributed by atoms with Gasteiger partial charge in [-0.05, 0) is 64.1 Å². The summed E-state index contributed by atoms with van der Waals surface area (Å²) in [6, 6.07) is 8.28. The number of phenolic OH excluding ortho intramolecular Hbond substituents is 2.